The van der Waals surface area contributed by atoms with Crippen LogP contribution in [0.25, 0.3) is 0 Å². The van der Waals surface area contributed by atoms with Crippen LogP contribution in [0.4, 0.5) is 5.69 Å². The van der Waals surface area contributed by atoms with Gasteiger partial charge in [0.1, 0.15) is 10.9 Å². The number of rotatable bonds is 7. The molecule has 0 radical (unpaired) electrons. The first kappa shape index (κ1) is 15.5. The number of nitrogens with one attached hydrogen (secondary N) is 1. The van der Waals surface area contributed by atoms with Crippen molar-refractivity contribution in [2.24, 2.45) is 5.92 Å². The lowest BCUT2D eigenvalue weighted by molar-refractivity contribution is -0.387. The third-order valence-corrected chi connectivity index (χ3v) is 3.77. The summed E-state index contributed by atoms with van der Waals surface area (Å²) in [6, 6.07) is 5.49. The average Bonchev–Trinajstić information content (AvgIpc) is 2.38. The summed E-state index contributed by atoms with van der Waals surface area (Å²) in [4.78, 5) is 21.9. The van der Waals surface area contributed by atoms with Gasteiger partial charge in [0.2, 0.25) is 0 Å². The standard InChI is InChI=1S/C12H16N2O4S/c1-3-8(2)11(12(15)16)13-19-10-7-5-4-6-9(10)14(17)18/h4-8,11,13H,3H2,1-2H3,(H,15,16). The zero-order chi connectivity index (χ0) is 14.4. The van der Waals surface area contributed by atoms with Crippen molar-refractivity contribution in [2.75, 3.05) is 0 Å². The molecule has 0 saturated carbocycles. The highest BCUT2D eigenvalue weighted by Gasteiger charge is 2.24. The highest BCUT2D eigenvalue weighted by molar-refractivity contribution is 7.97. The van der Waals surface area contributed by atoms with E-state index in [2.05, 4.69) is 4.72 Å². The van der Waals surface area contributed by atoms with Crippen LogP contribution in [0.2, 0.25) is 0 Å². The van der Waals surface area contributed by atoms with Gasteiger partial charge in [-0.1, -0.05) is 32.4 Å². The van der Waals surface area contributed by atoms with Crippen molar-refractivity contribution < 1.29 is 14.8 Å². The Hall–Kier alpha value is -1.60. The van der Waals surface area contributed by atoms with Gasteiger partial charge in [0.25, 0.3) is 5.69 Å². The van der Waals surface area contributed by atoms with Crippen molar-refractivity contribution in [3.8, 4) is 0 Å². The zero-order valence-electron chi connectivity index (χ0n) is 10.7. The first-order chi connectivity index (χ1) is 8.97. The molecule has 0 amide bonds. The second kappa shape index (κ2) is 7.10. The van der Waals surface area contributed by atoms with Gasteiger partial charge in [-0.05, 0) is 23.9 Å². The molecular weight excluding hydrogens is 268 g/mol. The molecule has 2 unspecified atom stereocenters. The van der Waals surface area contributed by atoms with Gasteiger partial charge in [0, 0.05) is 6.07 Å². The maximum Gasteiger partial charge on any atom is 0.321 e. The predicted molar refractivity (Wildman–Crippen MR) is 73.0 cm³/mol. The molecule has 1 rings (SSSR count). The molecule has 0 aliphatic heterocycles. The first-order valence-corrected chi connectivity index (χ1v) is 6.67. The summed E-state index contributed by atoms with van der Waals surface area (Å²) >= 11 is 0.983. The number of nitrogens with zero attached hydrogens (tertiary/aromatic N) is 1. The lowest BCUT2D eigenvalue weighted by atomic mass is 10.0. The zero-order valence-corrected chi connectivity index (χ0v) is 11.5. The number of hydrogen-bond acceptors (Lipinski definition) is 5. The van der Waals surface area contributed by atoms with Gasteiger partial charge in [-0.3, -0.25) is 14.9 Å². The number of hydrogen-bond donors (Lipinski definition) is 2. The minimum atomic E-state index is -0.958. The van der Waals surface area contributed by atoms with E-state index >= 15 is 0 Å². The summed E-state index contributed by atoms with van der Waals surface area (Å²) in [5, 5.41) is 20.0. The van der Waals surface area contributed by atoms with Crippen LogP contribution >= 0.6 is 11.9 Å². The highest BCUT2D eigenvalue weighted by Crippen LogP contribution is 2.27. The Morgan fingerprint density at radius 3 is 2.68 bits per heavy atom. The molecule has 0 aliphatic rings. The van der Waals surface area contributed by atoms with Crippen LogP contribution in [-0.2, 0) is 4.79 Å². The van der Waals surface area contributed by atoms with Crippen LogP contribution in [0.5, 0.6) is 0 Å². The number of nitro groups is 1. The Labute approximate surface area is 115 Å². The Morgan fingerprint density at radius 2 is 2.16 bits per heavy atom. The summed E-state index contributed by atoms with van der Waals surface area (Å²) in [6.07, 6.45) is 0.710. The van der Waals surface area contributed by atoms with E-state index in [9.17, 15) is 14.9 Å². The van der Waals surface area contributed by atoms with Crippen molar-refractivity contribution in [3.63, 3.8) is 0 Å². The molecule has 0 bridgehead atoms. The molecule has 19 heavy (non-hydrogen) atoms. The van der Waals surface area contributed by atoms with E-state index in [0.29, 0.717) is 11.3 Å². The van der Waals surface area contributed by atoms with Gasteiger partial charge in [-0.2, -0.15) is 0 Å². The average molecular weight is 284 g/mol. The minimum absolute atomic E-state index is 0.0340. The van der Waals surface area contributed by atoms with E-state index in [4.69, 9.17) is 5.11 Å². The number of aliphatic carboxylic acids is 1. The summed E-state index contributed by atoms with van der Waals surface area (Å²) in [6.45, 7) is 3.73. The van der Waals surface area contributed by atoms with Crippen molar-refractivity contribution in [2.45, 2.75) is 31.2 Å². The smallest absolute Gasteiger partial charge is 0.321 e. The van der Waals surface area contributed by atoms with Gasteiger partial charge >= 0.3 is 5.97 Å². The molecule has 1 aromatic rings. The Kier molecular flexibility index (Phi) is 5.78. The maximum absolute atomic E-state index is 11.1. The third kappa shape index (κ3) is 4.22. The van der Waals surface area contributed by atoms with E-state index in [0.717, 1.165) is 11.9 Å². The summed E-state index contributed by atoms with van der Waals surface area (Å²) in [5.74, 6) is -1.02. The van der Waals surface area contributed by atoms with Crippen LogP contribution in [0.1, 0.15) is 20.3 Å². The van der Waals surface area contributed by atoms with Gasteiger partial charge in [-0.25, -0.2) is 4.72 Å². The molecule has 0 heterocycles. The largest absolute Gasteiger partial charge is 0.480 e. The molecule has 0 spiro atoms. The fraction of sp³-hybridized carbons (Fsp3) is 0.417. The molecule has 0 fully saturated rings. The molecule has 0 aromatic heterocycles. The SMILES string of the molecule is CCC(C)C(NSc1ccccc1[N+](=O)[O-])C(=O)O. The molecular formula is C12H16N2O4S. The van der Waals surface area contributed by atoms with Crippen LogP contribution in [0, 0.1) is 16.0 Å². The second-order valence-electron chi connectivity index (χ2n) is 4.15. The van der Waals surface area contributed by atoms with Crippen LogP contribution in [0.3, 0.4) is 0 Å². The minimum Gasteiger partial charge on any atom is -0.480 e. The van der Waals surface area contributed by atoms with Crippen molar-refractivity contribution in [1.29, 1.82) is 0 Å². The lowest BCUT2D eigenvalue weighted by Crippen LogP contribution is -2.37. The Bertz CT molecular complexity index is 467. The van der Waals surface area contributed by atoms with Crippen molar-refractivity contribution >= 4 is 23.6 Å². The molecule has 2 atom stereocenters. The fourth-order valence-corrected chi connectivity index (χ4v) is 2.45. The number of benzene rings is 1. The Balaban J connectivity index is 2.80. The normalized spacial score (nSPS) is 13.8. The predicted octanol–water partition coefficient (Wildman–Crippen LogP) is 2.69. The fourth-order valence-electron chi connectivity index (χ4n) is 1.47. The van der Waals surface area contributed by atoms with Gasteiger partial charge in [0.05, 0.1) is 4.92 Å². The van der Waals surface area contributed by atoms with Gasteiger partial charge in [-0.15, -0.1) is 0 Å². The maximum atomic E-state index is 11.1. The summed E-state index contributed by atoms with van der Waals surface area (Å²) < 4.78 is 2.79. The summed E-state index contributed by atoms with van der Waals surface area (Å²) in [7, 11) is 0. The van der Waals surface area contributed by atoms with E-state index in [-0.39, 0.29) is 11.6 Å². The van der Waals surface area contributed by atoms with Crippen LogP contribution in [0.15, 0.2) is 29.2 Å². The van der Waals surface area contributed by atoms with E-state index in [1.165, 1.54) is 6.07 Å². The molecule has 6 nitrogen and oxygen atoms in total. The van der Waals surface area contributed by atoms with E-state index in [1.54, 1.807) is 18.2 Å². The monoisotopic (exact) mass is 284 g/mol. The topological polar surface area (TPSA) is 92.5 Å². The molecule has 2 N–H and O–H groups in total. The molecule has 7 heteroatoms. The van der Waals surface area contributed by atoms with E-state index in [1.807, 2.05) is 13.8 Å². The van der Waals surface area contributed by atoms with Gasteiger partial charge < -0.3 is 5.11 Å². The van der Waals surface area contributed by atoms with Crippen LogP contribution < -0.4 is 4.72 Å². The second-order valence-corrected chi connectivity index (χ2v) is 5.03. The number of carboxylic acids is 1. The van der Waals surface area contributed by atoms with Crippen LogP contribution in [-0.4, -0.2) is 22.0 Å². The number of carbonyl (C=O) groups is 1. The Morgan fingerprint density at radius 1 is 1.53 bits per heavy atom. The lowest BCUT2D eigenvalue weighted by Gasteiger charge is -2.19. The number of para-hydroxylation sites is 1. The molecule has 104 valence electrons. The molecule has 0 saturated heterocycles. The number of carboxylic acid groups (broad SMARTS) is 1. The quantitative estimate of drug-likeness (QED) is 0.454. The molecule has 1 aromatic carbocycles. The number of nitro benzene ring substituents is 1. The van der Waals surface area contributed by atoms with Crippen molar-refractivity contribution in [1.82, 2.24) is 4.72 Å². The third-order valence-electron chi connectivity index (χ3n) is 2.84. The van der Waals surface area contributed by atoms with E-state index < -0.39 is 16.9 Å². The molecule has 0 aliphatic carbocycles. The highest BCUT2D eigenvalue weighted by atomic mass is 32.2. The van der Waals surface area contributed by atoms with Crippen molar-refractivity contribution in [3.05, 3.63) is 34.4 Å². The first-order valence-electron chi connectivity index (χ1n) is 5.86. The summed E-state index contributed by atoms with van der Waals surface area (Å²) in [5.41, 5.74) is -0.0340. The van der Waals surface area contributed by atoms with Gasteiger partial charge in [0.15, 0.2) is 0 Å².